The van der Waals surface area contributed by atoms with Crippen molar-refractivity contribution in [3.63, 3.8) is 0 Å². The molecule has 0 heterocycles. The second kappa shape index (κ2) is 10.5. The van der Waals surface area contributed by atoms with E-state index in [-0.39, 0.29) is 5.57 Å². The Morgan fingerprint density at radius 3 is 1.61 bits per heavy atom. The predicted molar refractivity (Wildman–Crippen MR) is 133 cm³/mol. The molecule has 4 nitrogen and oxygen atoms in total. The fourth-order valence-electron chi connectivity index (χ4n) is 3.34. The lowest BCUT2D eigenvalue weighted by Crippen LogP contribution is -2.19. The molecule has 0 aliphatic heterocycles. The van der Waals surface area contributed by atoms with Crippen LogP contribution in [-0.4, -0.2) is 12.1 Å². The largest absolute Gasteiger partial charge is 0.282 e. The molecule has 0 saturated heterocycles. The first-order valence-electron chi connectivity index (χ1n) is 10.5. The maximum absolute atomic E-state index is 12.4. The van der Waals surface area contributed by atoms with Gasteiger partial charge in [-0.3, -0.25) is 4.79 Å². The highest BCUT2D eigenvalue weighted by Crippen LogP contribution is 2.20. The van der Waals surface area contributed by atoms with Gasteiger partial charge in [-0.15, -0.1) is 0 Å². The van der Waals surface area contributed by atoms with E-state index in [1.165, 1.54) is 0 Å². The van der Waals surface area contributed by atoms with Gasteiger partial charge in [0.15, 0.2) is 0 Å². The summed E-state index contributed by atoms with van der Waals surface area (Å²) in [5, 5.41) is 13.4. The molecule has 1 amide bonds. The van der Waals surface area contributed by atoms with E-state index < -0.39 is 5.91 Å². The molecule has 4 heteroatoms. The molecule has 33 heavy (non-hydrogen) atoms. The molecule has 0 aliphatic carbocycles. The average Bonchev–Trinajstić information content (AvgIpc) is 2.89. The third-order valence-electron chi connectivity index (χ3n) is 5.09. The summed E-state index contributed by atoms with van der Waals surface area (Å²) in [6.45, 7) is 0. The van der Waals surface area contributed by atoms with Crippen LogP contribution in [0, 0.1) is 11.3 Å². The minimum Gasteiger partial charge on any atom is -0.267 e. The number of nitriles is 1. The van der Waals surface area contributed by atoms with E-state index in [9.17, 15) is 10.1 Å². The summed E-state index contributed by atoms with van der Waals surface area (Å²) in [4.78, 5) is 12.4. The van der Waals surface area contributed by atoms with Gasteiger partial charge in [0.05, 0.1) is 6.21 Å². The minimum atomic E-state index is -0.554. The van der Waals surface area contributed by atoms with E-state index in [4.69, 9.17) is 0 Å². The van der Waals surface area contributed by atoms with Gasteiger partial charge >= 0.3 is 0 Å². The Hall–Kier alpha value is -4.75. The topological polar surface area (TPSA) is 65.2 Å². The molecular weight excluding hydrogens is 406 g/mol. The first-order valence-corrected chi connectivity index (χ1v) is 10.5. The van der Waals surface area contributed by atoms with Crippen LogP contribution in [0.4, 0.5) is 0 Å². The molecule has 158 valence electrons. The normalized spacial score (nSPS) is 11.2. The van der Waals surface area contributed by atoms with E-state index in [1.807, 2.05) is 115 Å². The third-order valence-corrected chi connectivity index (χ3v) is 5.09. The van der Waals surface area contributed by atoms with Gasteiger partial charge in [-0.25, -0.2) is 5.43 Å². The van der Waals surface area contributed by atoms with Crippen LogP contribution in [0.3, 0.4) is 0 Å². The lowest BCUT2D eigenvalue weighted by Gasteiger charge is -2.03. The maximum Gasteiger partial charge on any atom is 0.282 e. The number of carbonyl (C=O) groups is 1. The number of carbonyl (C=O) groups excluding carboxylic acids is 1. The van der Waals surface area contributed by atoms with Gasteiger partial charge in [0.1, 0.15) is 11.6 Å². The highest BCUT2D eigenvalue weighted by atomic mass is 16.2. The quantitative estimate of drug-likeness (QED) is 0.175. The number of benzene rings is 4. The van der Waals surface area contributed by atoms with Crippen molar-refractivity contribution in [2.45, 2.75) is 0 Å². The van der Waals surface area contributed by atoms with Crippen molar-refractivity contribution in [3.8, 4) is 28.3 Å². The molecule has 0 aliphatic rings. The van der Waals surface area contributed by atoms with Crippen LogP contribution in [0.5, 0.6) is 0 Å². The van der Waals surface area contributed by atoms with Crippen molar-refractivity contribution in [1.82, 2.24) is 5.43 Å². The summed E-state index contributed by atoms with van der Waals surface area (Å²) in [7, 11) is 0. The van der Waals surface area contributed by atoms with Crippen LogP contribution >= 0.6 is 0 Å². The summed E-state index contributed by atoms with van der Waals surface area (Å²) >= 11 is 0. The SMILES string of the molecule is N#C/C(=C\c1ccc(-c2ccccc2)cc1)C(=O)N/N=C\c1ccc(-c2ccccc2)cc1. The van der Waals surface area contributed by atoms with Crippen molar-refractivity contribution < 1.29 is 4.79 Å². The Labute approximate surface area is 193 Å². The molecule has 0 fully saturated rings. The molecule has 4 rings (SSSR count). The molecule has 4 aromatic rings. The van der Waals surface area contributed by atoms with Crippen LogP contribution in [-0.2, 0) is 4.79 Å². The van der Waals surface area contributed by atoms with Crippen molar-refractivity contribution in [1.29, 1.82) is 5.26 Å². The van der Waals surface area contributed by atoms with Gasteiger partial charge in [-0.05, 0) is 39.5 Å². The number of rotatable bonds is 6. The zero-order chi connectivity index (χ0) is 22.9. The Morgan fingerprint density at radius 2 is 1.12 bits per heavy atom. The van der Waals surface area contributed by atoms with Crippen molar-refractivity contribution in [3.05, 3.63) is 126 Å². The first kappa shape index (κ1) is 21.5. The van der Waals surface area contributed by atoms with Gasteiger partial charge in [0.25, 0.3) is 5.91 Å². The Bertz CT molecular complexity index is 1320. The summed E-state index contributed by atoms with van der Waals surface area (Å²) in [5.41, 5.74) is 8.43. The fraction of sp³-hybridized carbons (Fsp3) is 0. The van der Waals surface area contributed by atoms with Crippen molar-refractivity contribution in [2.24, 2.45) is 5.10 Å². The third kappa shape index (κ3) is 5.69. The van der Waals surface area contributed by atoms with Crippen LogP contribution in [0.15, 0.2) is 120 Å². The second-order valence-corrected chi connectivity index (χ2v) is 7.35. The molecule has 0 aromatic heterocycles. The van der Waals surface area contributed by atoms with Gasteiger partial charge in [-0.2, -0.15) is 10.4 Å². The number of hydrazone groups is 1. The van der Waals surface area contributed by atoms with Gasteiger partial charge in [-0.1, -0.05) is 109 Å². The molecule has 0 spiro atoms. The lowest BCUT2D eigenvalue weighted by atomic mass is 10.0. The minimum absolute atomic E-state index is 0.0148. The summed E-state index contributed by atoms with van der Waals surface area (Å²) in [6, 6.07) is 37.6. The van der Waals surface area contributed by atoms with E-state index in [2.05, 4.69) is 10.5 Å². The zero-order valence-corrected chi connectivity index (χ0v) is 17.8. The smallest absolute Gasteiger partial charge is 0.267 e. The van der Waals surface area contributed by atoms with Gasteiger partial charge in [0, 0.05) is 0 Å². The van der Waals surface area contributed by atoms with Gasteiger partial charge < -0.3 is 0 Å². The van der Waals surface area contributed by atoms with E-state index in [0.29, 0.717) is 0 Å². The average molecular weight is 428 g/mol. The van der Waals surface area contributed by atoms with E-state index in [0.717, 1.165) is 33.4 Å². The maximum atomic E-state index is 12.4. The van der Waals surface area contributed by atoms with Crippen molar-refractivity contribution >= 4 is 18.2 Å². The highest BCUT2D eigenvalue weighted by molar-refractivity contribution is 6.02. The summed E-state index contributed by atoms with van der Waals surface area (Å²) in [5.74, 6) is -0.554. The molecule has 0 saturated carbocycles. The monoisotopic (exact) mass is 427 g/mol. The molecule has 0 radical (unpaired) electrons. The summed E-state index contributed by atoms with van der Waals surface area (Å²) < 4.78 is 0. The number of hydrogen-bond donors (Lipinski definition) is 1. The molecular formula is C29H21N3O. The Kier molecular flexibility index (Phi) is 6.85. The lowest BCUT2D eigenvalue weighted by molar-refractivity contribution is -0.117. The van der Waals surface area contributed by atoms with E-state index in [1.54, 1.807) is 12.3 Å². The molecule has 4 aromatic carbocycles. The first-order chi connectivity index (χ1) is 16.2. The number of nitrogens with zero attached hydrogens (tertiary/aromatic N) is 2. The molecule has 0 bridgehead atoms. The highest BCUT2D eigenvalue weighted by Gasteiger charge is 2.08. The standard InChI is InChI=1S/C29H21N3O/c30-20-28(19-22-11-15-26(16-12-22)24-7-3-1-4-8-24)29(33)32-31-21-23-13-17-27(18-14-23)25-9-5-2-6-10-25/h1-19,21H,(H,32,33)/b28-19+,31-21-. The molecule has 0 atom stereocenters. The van der Waals surface area contributed by atoms with Crippen molar-refractivity contribution in [2.75, 3.05) is 0 Å². The van der Waals surface area contributed by atoms with Crippen LogP contribution in [0.2, 0.25) is 0 Å². The predicted octanol–water partition coefficient (Wildman–Crippen LogP) is 6.08. The molecule has 1 N–H and O–H groups in total. The van der Waals surface area contributed by atoms with Gasteiger partial charge in [0.2, 0.25) is 0 Å². The number of nitrogens with one attached hydrogen (secondary N) is 1. The van der Waals surface area contributed by atoms with Crippen LogP contribution < -0.4 is 5.43 Å². The summed E-state index contributed by atoms with van der Waals surface area (Å²) in [6.07, 6.45) is 3.10. The second-order valence-electron chi connectivity index (χ2n) is 7.35. The number of amides is 1. The Morgan fingerprint density at radius 1 is 0.667 bits per heavy atom. The number of hydrogen-bond acceptors (Lipinski definition) is 3. The van der Waals surface area contributed by atoms with Crippen LogP contribution in [0.25, 0.3) is 28.3 Å². The van der Waals surface area contributed by atoms with Crippen LogP contribution in [0.1, 0.15) is 11.1 Å². The molecule has 0 unspecified atom stereocenters. The zero-order valence-electron chi connectivity index (χ0n) is 17.8. The Balaban J connectivity index is 1.39. The fourth-order valence-corrected chi connectivity index (χ4v) is 3.34. The van der Waals surface area contributed by atoms with E-state index >= 15 is 0 Å².